The maximum absolute atomic E-state index is 11.9. The van der Waals surface area contributed by atoms with Gasteiger partial charge in [-0.1, -0.05) is 13.8 Å². The van der Waals surface area contributed by atoms with Gasteiger partial charge in [0.05, 0.1) is 0 Å². The van der Waals surface area contributed by atoms with E-state index in [1.807, 2.05) is 13.8 Å². The van der Waals surface area contributed by atoms with Crippen molar-refractivity contribution in [2.75, 3.05) is 13.2 Å². The summed E-state index contributed by atoms with van der Waals surface area (Å²) in [6, 6.07) is 0. The third-order valence-electron chi connectivity index (χ3n) is 1.20. The van der Waals surface area contributed by atoms with Crippen LogP contribution in [0, 0.1) is 5.92 Å². The van der Waals surface area contributed by atoms with Crippen LogP contribution in [0.3, 0.4) is 0 Å². The van der Waals surface area contributed by atoms with E-state index in [1.165, 1.54) is 0 Å². The molecular formula is C7H13BF3KO. The third-order valence-corrected chi connectivity index (χ3v) is 1.20. The summed E-state index contributed by atoms with van der Waals surface area (Å²) in [5.74, 6) is 0.249. The number of halogens is 3. The molecule has 1 nitrogen and oxygen atoms in total. The van der Waals surface area contributed by atoms with E-state index in [0.717, 1.165) is 0 Å². The maximum atomic E-state index is 11.9. The number of hydrogen-bond acceptors (Lipinski definition) is 1. The molecule has 0 unspecified atom stereocenters. The molecule has 0 aromatic heterocycles. The van der Waals surface area contributed by atoms with Crippen LogP contribution >= 0.6 is 0 Å². The Morgan fingerprint density at radius 2 is 1.85 bits per heavy atom. The summed E-state index contributed by atoms with van der Waals surface area (Å²) in [6.45, 7) is 1.67. The van der Waals surface area contributed by atoms with Crippen molar-refractivity contribution in [1.29, 1.82) is 0 Å². The molecule has 0 radical (unpaired) electrons. The van der Waals surface area contributed by atoms with Crippen LogP contribution in [0.4, 0.5) is 12.9 Å². The van der Waals surface area contributed by atoms with Gasteiger partial charge in [-0.15, -0.1) is 12.1 Å². The Bertz CT molecular complexity index is 158. The minimum atomic E-state index is -4.92. The van der Waals surface area contributed by atoms with Crippen LogP contribution in [0.1, 0.15) is 13.8 Å². The Morgan fingerprint density at radius 3 is 2.15 bits per heavy atom. The molecule has 0 aliphatic rings. The SMILES string of the molecule is C=C(COCC(C)C)[B-](F)(F)F.[K+]. The van der Waals surface area contributed by atoms with Crippen molar-refractivity contribution < 1.29 is 69.1 Å². The largest absolute Gasteiger partial charge is 1.00 e. The second kappa shape index (κ2) is 7.48. The van der Waals surface area contributed by atoms with Gasteiger partial charge in [0.25, 0.3) is 0 Å². The van der Waals surface area contributed by atoms with Gasteiger partial charge in [-0.05, 0) is 5.92 Å². The standard InChI is InChI=1S/C7H13BF3O.K/c1-6(2)4-12-5-7(3)8(9,10)11;/h6H,3-5H2,1-2H3;/q-1;+1. The predicted molar refractivity (Wildman–Crippen MR) is 43.9 cm³/mol. The Morgan fingerprint density at radius 1 is 1.38 bits per heavy atom. The van der Waals surface area contributed by atoms with Gasteiger partial charge in [-0.25, -0.2) is 0 Å². The smallest absolute Gasteiger partial charge is 0.445 e. The Kier molecular flexibility index (Phi) is 9.56. The summed E-state index contributed by atoms with van der Waals surface area (Å²) in [6.07, 6.45) is 0. The Hall–Kier alpha value is 1.19. The molecule has 6 heteroatoms. The Labute approximate surface area is 120 Å². The fourth-order valence-corrected chi connectivity index (χ4v) is 0.520. The first-order chi connectivity index (χ1) is 5.34. The molecule has 13 heavy (non-hydrogen) atoms. The summed E-state index contributed by atoms with van der Waals surface area (Å²) in [4.78, 5) is 0. The molecule has 0 N–H and O–H groups in total. The van der Waals surface area contributed by atoms with E-state index < -0.39 is 19.1 Å². The van der Waals surface area contributed by atoms with Crippen molar-refractivity contribution in [3.8, 4) is 0 Å². The average Bonchev–Trinajstić information content (AvgIpc) is 1.84. The molecule has 72 valence electrons. The Balaban J connectivity index is 0. The molecule has 0 aromatic rings. The molecule has 0 spiro atoms. The normalized spacial score (nSPS) is 11.2. The summed E-state index contributed by atoms with van der Waals surface area (Å²) < 4.78 is 40.3. The first-order valence-corrected chi connectivity index (χ1v) is 3.79. The number of rotatable bonds is 5. The molecule has 0 amide bonds. The fraction of sp³-hybridized carbons (Fsp3) is 0.714. The van der Waals surface area contributed by atoms with Gasteiger partial charge in [-0.3, -0.25) is 0 Å². The zero-order valence-corrected chi connectivity index (χ0v) is 11.4. The van der Waals surface area contributed by atoms with Gasteiger partial charge >= 0.3 is 58.4 Å². The number of ether oxygens (including phenoxy) is 1. The van der Waals surface area contributed by atoms with Gasteiger partial charge < -0.3 is 17.7 Å². The fourth-order valence-electron chi connectivity index (χ4n) is 0.520. The van der Waals surface area contributed by atoms with Gasteiger partial charge in [0.15, 0.2) is 0 Å². The minimum absolute atomic E-state index is 0. The molecule has 0 atom stereocenters. The van der Waals surface area contributed by atoms with Crippen LogP contribution in [-0.2, 0) is 4.74 Å². The molecular weight excluding hydrogens is 207 g/mol. The van der Waals surface area contributed by atoms with Crippen molar-refractivity contribution in [2.24, 2.45) is 5.92 Å². The van der Waals surface area contributed by atoms with Gasteiger partial charge in [0.2, 0.25) is 0 Å². The molecule has 0 heterocycles. The van der Waals surface area contributed by atoms with Gasteiger partial charge in [-0.2, -0.15) is 0 Å². The van der Waals surface area contributed by atoms with E-state index in [-0.39, 0.29) is 57.3 Å². The first kappa shape index (κ1) is 16.6. The van der Waals surface area contributed by atoms with Crippen LogP contribution < -0.4 is 51.4 Å². The summed E-state index contributed by atoms with van der Waals surface area (Å²) in [7, 11) is 0. The van der Waals surface area contributed by atoms with E-state index in [1.54, 1.807) is 0 Å². The van der Waals surface area contributed by atoms with E-state index in [4.69, 9.17) is 4.74 Å². The van der Waals surface area contributed by atoms with Gasteiger partial charge in [0, 0.05) is 13.2 Å². The van der Waals surface area contributed by atoms with E-state index >= 15 is 0 Å². The summed E-state index contributed by atoms with van der Waals surface area (Å²) in [5.41, 5.74) is -0.768. The van der Waals surface area contributed by atoms with Crippen LogP contribution in [0.25, 0.3) is 0 Å². The summed E-state index contributed by atoms with van der Waals surface area (Å²) in [5, 5.41) is 0. The maximum Gasteiger partial charge on any atom is 1.00 e. The van der Waals surface area contributed by atoms with E-state index in [9.17, 15) is 12.9 Å². The third kappa shape index (κ3) is 9.49. The topological polar surface area (TPSA) is 9.23 Å². The van der Waals surface area contributed by atoms with E-state index in [0.29, 0.717) is 6.61 Å². The zero-order chi connectivity index (χ0) is 9.78. The van der Waals surface area contributed by atoms with E-state index in [2.05, 4.69) is 6.58 Å². The van der Waals surface area contributed by atoms with Gasteiger partial charge in [0.1, 0.15) is 0 Å². The molecule has 0 saturated carbocycles. The average molecular weight is 220 g/mol. The predicted octanol–water partition coefficient (Wildman–Crippen LogP) is -0.394. The molecule has 0 saturated heterocycles. The minimum Gasteiger partial charge on any atom is -0.445 e. The molecule has 0 bridgehead atoms. The first-order valence-electron chi connectivity index (χ1n) is 3.79. The molecule has 0 aromatic carbocycles. The second-order valence-corrected chi connectivity index (χ2v) is 3.14. The van der Waals surface area contributed by atoms with Crippen molar-refractivity contribution in [2.45, 2.75) is 13.8 Å². The van der Waals surface area contributed by atoms with Crippen LogP contribution in [0.15, 0.2) is 12.1 Å². The van der Waals surface area contributed by atoms with Crippen LogP contribution in [0.2, 0.25) is 0 Å². The van der Waals surface area contributed by atoms with Crippen LogP contribution in [-0.4, -0.2) is 20.2 Å². The van der Waals surface area contributed by atoms with Crippen LogP contribution in [0.5, 0.6) is 0 Å². The van der Waals surface area contributed by atoms with Crippen molar-refractivity contribution >= 4 is 6.98 Å². The molecule has 0 aliphatic heterocycles. The van der Waals surface area contributed by atoms with Crippen molar-refractivity contribution in [1.82, 2.24) is 0 Å². The summed E-state index contributed by atoms with van der Waals surface area (Å²) >= 11 is 0. The monoisotopic (exact) mass is 220 g/mol. The number of hydrogen-bond donors (Lipinski definition) is 0. The molecule has 0 rings (SSSR count). The molecule has 0 aliphatic carbocycles. The van der Waals surface area contributed by atoms with Crippen molar-refractivity contribution in [3.63, 3.8) is 0 Å². The zero-order valence-electron chi connectivity index (χ0n) is 8.32. The van der Waals surface area contributed by atoms with Crippen molar-refractivity contribution in [3.05, 3.63) is 12.1 Å². The molecule has 0 fully saturated rings. The quantitative estimate of drug-likeness (QED) is 0.573. The second-order valence-electron chi connectivity index (χ2n) is 3.14.